The SMILES string of the molecule is CN1CCC(n2ncc3c(=O)[nH]c(CC4CCCC4)nc32)CC1. The number of aromatic amines is 1. The summed E-state index contributed by atoms with van der Waals surface area (Å²) in [5.74, 6) is 1.51. The van der Waals surface area contributed by atoms with Crippen molar-refractivity contribution in [3.8, 4) is 0 Å². The Bertz CT molecular complexity index is 735. The Morgan fingerprint density at radius 3 is 2.70 bits per heavy atom. The van der Waals surface area contributed by atoms with Crippen LogP contribution in [0.15, 0.2) is 11.0 Å². The van der Waals surface area contributed by atoms with Gasteiger partial charge in [0.25, 0.3) is 5.56 Å². The molecule has 0 atom stereocenters. The van der Waals surface area contributed by atoms with E-state index < -0.39 is 0 Å². The standard InChI is InChI=1S/C17H25N5O/c1-21-8-6-13(7-9-21)22-16-14(11-18-22)17(23)20-15(19-16)10-12-4-2-3-5-12/h11-13H,2-10H2,1H3,(H,19,20,23). The number of H-pyrrole nitrogens is 1. The van der Waals surface area contributed by atoms with Crippen molar-refractivity contribution in [2.45, 2.75) is 51.0 Å². The molecule has 1 aliphatic carbocycles. The maximum Gasteiger partial charge on any atom is 0.262 e. The average molecular weight is 315 g/mol. The Balaban J connectivity index is 1.66. The van der Waals surface area contributed by atoms with E-state index in [1.807, 2.05) is 4.68 Å². The maximum absolute atomic E-state index is 12.4. The molecule has 2 fully saturated rings. The van der Waals surface area contributed by atoms with Gasteiger partial charge in [-0.25, -0.2) is 9.67 Å². The Kier molecular flexibility index (Phi) is 3.93. The van der Waals surface area contributed by atoms with Crippen LogP contribution in [0.5, 0.6) is 0 Å². The molecule has 4 rings (SSSR count). The van der Waals surface area contributed by atoms with Gasteiger partial charge in [0.1, 0.15) is 11.2 Å². The van der Waals surface area contributed by atoms with Crippen molar-refractivity contribution in [3.05, 3.63) is 22.4 Å². The highest BCUT2D eigenvalue weighted by atomic mass is 16.1. The summed E-state index contributed by atoms with van der Waals surface area (Å²) >= 11 is 0. The van der Waals surface area contributed by atoms with Crippen LogP contribution < -0.4 is 5.56 Å². The van der Waals surface area contributed by atoms with E-state index in [4.69, 9.17) is 4.98 Å². The van der Waals surface area contributed by atoms with E-state index in [1.165, 1.54) is 25.7 Å². The largest absolute Gasteiger partial charge is 0.310 e. The van der Waals surface area contributed by atoms with E-state index in [-0.39, 0.29) is 5.56 Å². The molecule has 1 aliphatic heterocycles. The van der Waals surface area contributed by atoms with Gasteiger partial charge in [-0.05, 0) is 38.9 Å². The van der Waals surface area contributed by atoms with Crippen LogP contribution in [0.2, 0.25) is 0 Å². The highest BCUT2D eigenvalue weighted by molar-refractivity contribution is 5.73. The normalized spacial score (nSPS) is 21.4. The smallest absolute Gasteiger partial charge is 0.262 e. The molecule has 0 unspecified atom stereocenters. The van der Waals surface area contributed by atoms with Gasteiger partial charge < -0.3 is 9.88 Å². The van der Waals surface area contributed by atoms with E-state index in [9.17, 15) is 4.79 Å². The van der Waals surface area contributed by atoms with Gasteiger partial charge in [0, 0.05) is 6.42 Å². The third-order valence-corrected chi connectivity index (χ3v) is 5.50. The van der Waals surface area contributed by atoms with Crippen molar-refractivity contribution in [3.63, 3.8) is 0 Å². The fourth-order valence-corrected chi connectivity index (χ4v) is 4.07. The van der Waals surface area contributed by atoms with Gasteiger partial charge in [-0.1, -0.05) is 25.7 Å². The number of fused-ring (bicyclic) bond motifs is 1. The van der Waals surface area contributed by atoms with Crippen molar-refractivity contribution in [1.29, 1.82) is 0 Å². The second kappa shape index (κ2) is 6.07. The van der Waals surface area contributed by atoms with Gasteiger partial charge in [0.15, 0.2) is 5.65 Å². The molecule has 3 heterocycles. The summed E-state index contributed by atoms with van der Waals surface area (Å²) in [6, 6.07) is 0.359. The number of nitrogens with zero attached hydrogens (tertiary/aromatic N) is 4. The van der Waals surface area contributed by atoms with Crippen molar-refractivity contribution in [2.24, 2.45) is 5.92 Å². The summed E-state index contributed by atoms with van der Waals surface area (Å²) in [4.78, 5) is 22.5. The zero-order valence-electron chi connectivity index (χ0n) is 13.8. The first-order chi connectivity index (χ1) is 11.2. The average Bonchev–Trinajstić information content (AvgIpc) is 3.18. The van der Waals surface area contributed by atoms with Crippen molar-refractivity contribution < 1.29 is 0 Å². The topological polar surface area (TPSA) is 66.8 Å². The van der Waals surface area contributed by atoms with Crippen LogP contribution in [-0.4, -0.2) is 44.8 Å². The number of hydrogen-bond acceptors (Lipinski definition) is 4. The number of nitrogens with one attached hydrogen (secondary N) is 1. The van der Waals surface area contributed by atoms with E-state index in [1.54, 1.807) is 6.20 Å². The number of aromatic nitrogens is 4. The molecule has 1 N–H and O–H groups in total. The number of hydrogen-bond donors (Lipinski definition) is 1. The quantitative estimate of drug-likeness (QED) is 0.942. The molecule has 0 bridgehead atoms. The third kappa shape index (κ3) is 2.92. The second-order valence-corrected chi connectivity index (χ2v) is 7.23. The molecule has 0 radical (unpaired) electrons. The number of piperidine rings is 1. The zero-order chi connectivity index (χ0) is 15.8. The molecule has 0 spiro atoms. The minimum absolute atomic E-state index is 0.0397. The lowest BCUT2D eigenvalue weighted by Gasteiger charge is -2.29. The van der Waals surface area contributed by atoms with Gasteiger partial charge in [-0.2, -0.15) is 5.10 Å². The van der Waals surface area contributed by atoms with Crippen LogP contribution in [0.1, 0.15) is 50.4 Å². The molecule has 6 heteroatoms. The Labute approximate surface area is 135 Å². The predicted octanol–water partition coefficient (Wildman–Crippen LogP) is 2.12. The number of rotatable bonds is 3. The summed E-state index contributed by atoms with van der Waals surface area (Å²) in [6.07, 6.45) is 9.85. The molecule has 2 aromatic rings. The fourth-order valence-electron chi connectivity index (χ4n) is 4.07. The predicted molar refractivity (Wildman–Crippen MR) is 89.6 cm³/mol. The van der Waals surface area contributed by atoms with Gasteiger partial charge >= 0.3 is 0 Å². The van der Waals surface area contributed by atoms with Gasteiger partial charge in [-0.3, -0.25) is 4.79 Å². The maximum atomic E-state index is 12.4. The summed E-state index contributed by atoms with van der Waals surface area (Å²) < 4.78 is 2.00. The van der Waals surface area contributed by atoms with Crippen LogP contribution in [0.3, 0.4) is 0 Å². The van der Waals surface area contributed by atoms with E-state index >= 15 is 0 Å². The second-order valence-electron chi connectivity index (χ2n) is 7.23. The fraction of sp³-hybridized carbons (Fsp3) is 0.706. The summed E-state index contributed by atoms with van der Waals surface area (Å²) in [5, 5.41) is 5.12. The Morgan fingerprint density at radius 2 is 1.96 bits per heavy atom. The molecule has 2 aliphatic rings. The first-order valence-electron chi connectivity index (χ1n) is 8.85. The molecule has 23 heavy (non-hydrogen) atoms. The molecule has 1 saturated heterocycles. The van der Waals surface area contributed by atoms with Gasteiger partial charge in [-0.15, -0.1) is 0 Å². The van der Waals surface area contributed by atoms with Gasteiger partial charge in [0.2, 0.25) is 0 Å². The molecule has 1 saturated carbocycles. The molecule has 0 aromatic carbocycles. The Morgan fingerprint density at radius 1 is 1.22 bits per heavy atom. The van der Waals surface area contributed by atoms with Crippen LogP contribution in [0, 0.1) is 5.92 Å². The van der Waals surface area contributed by atoms with Crippen LogP contribution in [-0.2, 0) is 6.42 Å². The minimum atomic E-state index is -0.0397. The summed E-state index contributed by atoms with van der Waals surface area (Å²) in [6.45, 7) is 2.15. The van der Waals surface area contributed by atoms with E-state index in [2.05, 4.69) is 22.0 Å². The van der Waals surface area contributed by atoms with Gasteiger partial charge in [0.05, 0.1) is 12.2 Å². The summed E-state index contributed by atoms with van der Waals surface area (Å²) in [5.41, 5.74) is 0.735. The lowest BCUT2D eigenvalue weighted by Crippen LogP contribution is -2.32. The van der Waals surface area contributed by atoms with Crippen molar-refractivity contribution in [1.82, 2.24) is 24.6 Å². The highest BCUT2D eigenvalue weighted by Crippen LogP contribution is 2.28. The molecular weight excluding hydrogens is 290 g/mol. The highest BCUT2D eigenvalue weighted by Gasteiger charge is 2.23. The molecule has 124 valence electrons. The van der Waals surface area contributed by atoms with Crippen molar-refractivity contribution in [2.75, 3.05) is 20.1 Å². The zero-order valence-corrected chi connectivity index (χ0v) is 13.8. The number of likely N-dealkylation sites (tertiary alicyclic amines) is 1. The van der Waals surface area contributed by atoms with E-state index in [0.717, 1.165) is 43.8 Å². The Hall–Kier alpha value is -1.69. The molecular formula is C17H25N5O. The molecule has 0 amide bonds. The van der Waals surface area contributed by atoms with Crippen LogP contribution >= 0.6 is 0 Å². The minimum Gasteiger partial charge on any atom is -0.310 e. The van der Waals surface area contributed by atoms with Crippen LogP contribution in [0.4, 0.5) is 0 Å². The lowest BCUT2D eigenvalue weighted by atomic mass is 10.0. The first-order valence-corrected chi connectivity index (χ1v) is 8.85. The van der Waals surface area contributed by atoms with Crippen molar-refractivity contribution >= 4 is 11.0 Å². The molecule has 2 aromatic heterocycles. The molecule has 6 nitrogen and oxygen atoms in total. The summed E-state index contributed by atoms with van der Waals surface area (Å²) in [7, 11) is 2.15. The van der Waals surface area contributed by atoms with Crippen LogP contribution in [0.25, 0.3) is 11.0 Å². The third-order valence-electron chi connectivity index (χ3n) is 5.50. The van der Waals surface area contributed by atoms with E-state index in [0.29, 0.717) is 17.3 Å². The monoisotopic (exact) mass is 315 g/mol. The first kappa shape index (κ1) is 14.9. The lowest BCUT2D eigenvalue weighted by molar-refractivity contribution is 0.215.